The first-order valence-electron chi connectivity index (χ1n) is 11.7. The largest absolute Gasteiger partial charge is 0.493 e. The van der Waals surface area contributed by atoms with Crippen LogP contribution in [0.25, 0.3) is 6.08 Å². The minimum atomic E-state index is 0.117. The van der Waals surface area contributed by atoms with Crippen molar-refractivity contribution >= 4 is 12.0 Å². The fourth-order valence-electron chi connectivity index (χ4n) is 5.34. The quantitative estimate of drug-likeness (QED) is 0.571. The number of piperidine rings is 1. The molecule has 1 aliphatic carbocycles. The van der Waals surface area contributed by atoms with E-state index in [9.17, 15) is 4.79 Å². The zero-order valence-corrected chi connectivity index (χ0v) is 19.6. The van der Waals surface area contributed by atoms with Gasteiger partial charge < -0.3 is 18.9 Å². The molecule has 0 N–H and O–H groups in total. The van der Waals surface area contributed by atoms with E-state index < -0.39 is 0 Å². The first kappa shape index (κ1) is 22.4. The molecule has 3 atom stereocenters. The number of fused-ring (bicyclic) bond motifs is 1. The number of hydrogen-bond donors (Lipinski definition) is 0. The van der Waals surface area contributed by atoms with Gasteiger partial charge >= 0.3 is 0 Å². The van der Waals surface area contributed by atoms with Crippen LogP contribution in [-0.4, -0.2) is 35.7 Å². The highest BCUT2D eigenvalue weighted by atomic mass is 16.5. The predicted octanol–water partition coefficient (Wildman–Crippen LogP) is 5.32. The van der Waals surface area contributed by atoms with E-state index in [1.54, 1.807) is 13.2 Å². The zero-order chi connectivity index (χ0) is 22.7. The second-order valence-electron chi connectivity index (χ2n) is 9.17. The lowest BCUT2D eigenvalue weighted by Crippen LogP contribution is -2.52. The van der Waals surface area contributed by atoms with Crippen molar-refractivity contribution in [3.05, 3.63) is 46.9 Å². The summed E-state index contributed by atoms with van der Waals surface area (Å²) < 4.78 is 16.7. The molecule has 4 rings (SSSR count). The van der Waals surface area contributed by atoms with Gasteiger partial charge in [-0.05, 0) is 75.1 Å². The number of nitrogens with zero attached hydrogens (tertiary/aromatic N) is 2. The third-order valence-electron chi connectivity index (χ3n) is 7.08. The topological polar surface area (TPSA) is 64.8 Å². The van der Waals surface area contributed by atoms with Gasteiger partial charge in [0.15, 0.2) is 11.5 Å². The number of methoxy groups -OCH3 is 1. The molecule has 32 heavy (non-hydrogen) atoms. The van der Waals surface area contributed by atoms with Crippen molar-refractivity contribution in [2.45, 2.75) is 65.5 Å². The van der Waals surface area contributed by atoms with Gasteiger partial charge in [0.1, 0.15) is 12.4 Å². The van der Waals surface area contributed by atoms with Crippen LogP contribution in [0.3, 0.4) is 0 Å². The summed E-state index contributed by atoms with van der Waals surface area (Å²) in [7, 11) is 1.62. The van der Waals surface area contributed by atoms with Gasteiger partial charge in [0.2, 0.25) is 5.91 Å². The Kier molecular flexibility index (Phi) is 6.87. The van der Waals surface area contributed by atoms with Crippen LogP contribution < -0.4 is 9.47 Å². The predicted molar refractivity (Wildman–Crippen MR) is 124 cm³/mol. The minimum absolute atomic E-state index is 0.117. The highest BCUT2D eigenvalue weighted by Crippen LogP contribution is 2.39. The second-order valence-corrected chi connectivity index (χ2v) is 9.17. The van der Waals surface area contributed by atoms with Gasteiger partial charge in [-0.3, -0.25) is 4.79 Å². The standard InChI is InChI=1S/C26H34N2O4/c1-17-7-5-8-21-9-6-14-28(26(17)21)25(29)13-11-20-10-12-23(24(15-20)30-4)31-16-22-18(2)27-32-19(22)3/h10-13,15,17,21,26H,5-9,14,16H2,1-4H3/b13-11-/t17-,21-,26-/m0/s1. The van der Waals surface area contributed by atoms with Crippen molar-refractivity contribution in [1.82, 2.24) is 10.1 Å². The molecule has 2 fully saturated rings. The maximum absolute atomic E-state index is 13.1. The van der Waals surface area contributed by atoms with E-state index in [0.717, 1.165) is 35.5 Å². The van der Waals surface area contributed by atoms with Gasteiger partial charge in [-0.15, -0.1) is 0 Å². The van der Waals surface area contributed by atoms with E-state index in [2.05, 4.69) is 17.0 Å². The Morgan fingerprint density at radius 3 is 2.78 bits per heavy atom. The number of aryl methyl sites for hydroxylation is 2. The Labute approximate surface area is 190 Å². The van der Waals surface area contributed by atoms with Crippen molar-refractivity contribution in [1.29, 1.82) is 0 Å². The van der Waals surface area contributed by atoms with E-state index in [-0.39, 0.29) is 5.91 Å². The molecule has 2 aliphatic rings. The number of aromatic nitrogens is 1. The molecule has 172 valence electrons. The Balaban J connectivity index is 1.44. The van der Waals surface area contributed by atoms with E-state index in [1.807, 2.05) is 38.1 Å². The number of benzene rings is 1. The first-order chi connectivity index (χ1) is 15.5. The Morgan fingerprint density at radius 1 is 1.22 bits per heavy atom. The summed E-state index contributed by atoms with van der Waals surface area (Å²) in [5.74, 6) is 3.40. The maximum Gasteiger partial charge on any atom is 0.246 e. The van der Waals surface area contributed by atoms with Crippen LogP contribution >= 0.6 is 0 Å². The number of carbonyl (C=O) groups excluding carboxylic acids is 1. The number of ether oxygens (including phenoxy) is 2. The summed E-state index contributed by atoms with van der Waals surface area (Å²) >= 11 is 0. The monoisotopic (exact) mass is 438 g/mol. The molecule has 0 radical (unpaired) electrons. The molecule has 1 aromatic carbocycles. The van der Waals surface area contributed by atoms with Crippen LogP contribution in [0.15, 0.2) is 28.8 Å². The van der Waals surface area contributed by atoms with Gasteiger partial charge in [0.05, 0.1) is 18.4 Å². The summed E-state index contributed by atoms with van der Waals surface area (Å²) in [5, 5.41) is 3.96. The van der Waals surface area contributed by atoms with Crippen LogP contribution in [0.4, 0.5) is 0 Å². The van der Waals surface area contributed by atoms with Crippen LogP contribution in [0.1, 0.15) is 61.6 Å². The fourth-order valence-corrected chi connectivity index (χ4v) is 5.34. The Bertz CT molecular complexity index is 959. The van der Waals surface area contributed by atoms with Crippen LogP contribution in [-0.2, 0) is 11.4 Å². The summed E-state index contributed by atoms with van der Waals surface area (Å²) in [6, 6.07) is 6.11. The average Bonchev–Trinajstić information content (AvgIpc) is 3.13. The normalized spacial score (nSPS) is 23.2. The van der Waals surface area contributed by atoms with E-state index in [1.165, 1.54) is 25.7 Å². The highest BCUT2D eigenvalue weighted by molar-refractivity contribution is 5.92. The van der Waals surface area contributed by atoms with E-state index >= 15 is 0 Å². The lowest BCUT2D eigenvalue weighted by atomic mass is 9.73. The molecule has 1 aliphatic heterocycles. The maximum atomic E-state index is 13.1. The molecule has 1 saturated carbocycles. The average molecular weight is 439 g/mol. The van der Waals surface area contributed by atoms with E-state index in [0.29, 0.717) is 36.0 Å². The van der Waals surface area contributed by atoms with Gasteiger partial charge in [-0.1, -0.05) is 24.6 Å². The summed E-state index contributed by atoms with van der Waals surface area (Å²) in [5.41, 5.74) is 2.68. The van der Waals surface area contributed by atoms with Gasteiger partial charge in [0, 0.05) is 18.7 Å². The number of rotatable bonds is 6. The molecule has 2 aromatic rings. The molecule has 1 aromatic heterocycles. The minimum Gasteiger partial charge on any atom is -0.493 e. The lowest BCUT2D eigenvalue weighted by molar-refractivity contribution is -0.133. The molecule has 0 unspecified atom stereocenters. The second kappa shape index (κ2) is 9.80. The molecular formula is C26H34N2O4. The van der Waals surface area contributed by atoms with Gasteiger partial charge in [-0.25, -0.2) is 0 Å². The molecular weight excluding hydrogens is 404 g/mol. The smallest absolute Gasteiger partial charge is 0.246 e. The number of hydrogen-bond acceptors (Lipinski definition) is 5. The summed E-state index contributed by atoms with van der Waals surface area (Å²) in [4.78, 5) is 15.2. The number of amides is 1. The van der Waals surface area contributed by atoms with Crippen molar-refractivity contribution in [2.24, 2.45) is 11.8 Å². The first-order valence-corrected chi connectivity index (χ1v) is 11.7. The zero-order valence-electron chi connectivity index (χ0n) is 19.6. The molecule has 1 amide bonds. The SMILES string of the molecule is COc1cc(/C=C\C(=O)N2CCC[C@@H]3CCC[C@H](C)[C@@H]32)ccc1OCc1c(C)noc1C. The van der Waals surface area contributed by atoms with Gasteiger partial charge in [-0.2, -0.15) is 0 Å². The van der Waals surface area contributed by atoms with E-state index in [4.69, 9.17) is 14.0 Å². The number of likely N-dealkylation sites (tertiary alicyclic amines) is 1. The van der Waals surface area contributed by atoms with Gasteiger partial charge in [0.25, 0.3) is 0 Å². The molecule has 6 heteroatoms. The molecule has 0 bridgehead atoms. The van der Waals surface area contributed by atoms with Crippen LogP contribution in [0.2, 0.25) is 0 Å². The molecule has 6 nitrogen and oxygen atoms in total. The summed E-state index contributed by atoms with van der Waals surface area (Å²) in [6.07, 6.45) is 9.73. The van der Waals surface area contributed by atoms with Crippen LogP contribution in [0, 0.1) is 25.7 Å². The molecule has 2 heterocycles. The lowest BCUT2D eigenvalue weighted by Gasteiger charge is -2.47. The van der Waals surface area contributed by atoms with Crippen molar-refractivity contribution in [2.75, 3.05) is 13.7 Å². The third kappa shape index (κ3) is 4.69. The highest BCUT2D eigenvalue weighted by Gasteiger charge is 2.38. The molecule has 0 spiro atoms. The fraction of sp³-hybridized carbons (Fsp3) is 0.538. The van der Waals surface area contributed by atoms with Crippen molar-refractivity contribution < 1.29 is 18.8 Å². The molecule has 1 saturated heterocycles. The van der Waals surface area contributed by atoms with Crippen molar-refractivity contribution in [3.8, 4) is 11.5 Å². The Morgan fingerprint density at radius 2 is 2.03 bits per heavy atom. The summed E-state index contributed by atoms with van der Waals surface area (Å²) in [6.45, 7) is 7.31. The van der Waals surface area contributed by atoms with Crippen LogP contribution in [0.5, 0.6) is 11.5 Å². The Hall–Kier alpha value is -2.76. The van der Waals surface area contributed by atoms with Crippen molar-refractivity contribution in [3.63, 3.8) is 0 Å². The number of carbonyl (C=O) groups is 1. The third-order valence-corrected chi connectivity index (χ3v) is 7.08.